The van der Waals surface area contributed by atoms with E-state index < -0.39 is 10.0 Å². The van der Waals surface area contributed by atoms with Crippen molar-refractivity contribution < 1.29 is 0 Å². The first kappa shape index (κ1) is 32.7. The summed E-state index contributed by atoms with van der Waals surface area (Å²) >= 11 is 0. The van der Waals surface area contributed by atoms with Crippen LogP contribution in [0.2, 0.25) is 0 Å². The van der Waals surface area contributed by atoms with Crippen molar-refractivity contribution in [2.45, 2.75) is 19.6 Å². The molecule has 3 nitrogen and oxygen atoms in total. The quantitative estimate of drug-likeness (QED) is 0.164. The van der Waals surface area contributed by atoms with Gasteiger partial charge in [-0.25, -0.2) is 15.0 Å². The normalized spacial score (nSPS) is 13.1. The first-order valence-electron chi connectivity index (χ1n) is 18.5. The van der Waals surface area contributed by atoms with Crippen molar-refractivity contribution in [1.82, 2.24) is 15.0 Å². The zero-order valence-electron chi connectivity index (χ0n) is 30.0. The Morgan fingerprint density at radius 1 is 0.255 bits per heavy atom. The van der Waals surface area contributed by atoms with Crippen LogP contribution in [0.25, 0.3) is 67.5 Å². The van der Waals surface area contributed by atoms with Crippen molar-refractivity contribution in [2.75, 3.05) is 0 Å². The summed E-state index contributed by atoms with van der Waals surface area (Å²) < 4.78 is 0. The Morgan fingerprint density at radius 2 is 0.618 bits per heavy atom. The Labute approximate surface area is 323 Å². The summed E-state index contributed by atoms with van der Waals surface area (Å²) in [7, 11) is -1.81. The van der Waals surface area contributed by atoms with E-state index in [1.807, 2.05) is 24.3 Å². The standard InChI is InChI=1S/C51H35N3S/c1-5-16-36(17-6-1)37-28-30-38(31-29-37)39-32-34-41(35-33-39)50-52-49(40-18-7-2-8-19-40)53-51(54-50)45-25-15-27-47-48(45)44-24-13-14-26-46(44)55(47,42-20-9-3-10-21-42)43-22-11-4-12-23-43/h1-35H. The van der Waals surface area contributed by atoms with Gasteiger partial charge in [-0.15, -0.1) is 10.0 Å². The topological polar surface area (TPSA) is 38.7 Å². The van der Waals surface area contributed by atoms with Crippen LogP contribution in [0.1, 0.15) is 0 Å². The fourth-order valence-electron chi connectivity index (χ4n) is 7.84. The molecule has 0 aliphatic carbocycles. The van der Waals surface area contributed by atoms with Gasteiger partial charge in [0, 0.05) is 41.8 Å². The third-order valence-corrected chi connectivity index (χ3v) is 14.4. The maximum absolute atomic E-state index is 5.28. The Hall–Kier alpha value is -6.88. The maximum Gasteiger partial charge on any atom is 0.164 e. The van der Waals surface area contributed by atoms with Gasteiger partial charge in [0.2, 0.25) is 0 Å². The molecule has 0 spiro atoms. The number of hydrogen-bond acceptors (Lipinski definition) is 3. The van der Waals surface area contributed by atoms with Crippen molar-refractivity contribution in [1.29, 1.82) is 0 Å². The molecule has 1 aromatic heterocycles. The van der Waals surface area contributed by atoms with Crippen LogP contribution in [-0.2, 0) is 0 Å². The van der Waals surface area contributed by atoms with E-state index in [4.69, 9.17) is 15.0 Å². The van der Waals surface area contributed by atoms with Gasteiger partial charge in [0.15, 0.2) is 17.5 Å². The average Bonchev–Trinajstić information content (AvgIpc) is 3.59. The highest BCUT2D eigenvalue weighted by molar-refractivity contribution is 8.34. The minimum Gasteiger partial charge on any atom is -0.208 e. The smallest absolute Gasteiger partial charge is 0.164 e. The highest BCUT2D eigenvalue weighted by Gasteiger charge is 2.43. The molecule has 1 aliphatic heterocycles. The minimum absolute atomic E-state index is 0.642. The summed E-state index contributed by atoms with van der Waals surface area (Å²) in [6, 6.07) is 75.6. The summed E-state index contributed by atoms with van der Waals surface area (Å²) in [5, 5.41) is 0. The van der Waals surface area contributed by atoms with Crippen LogP contribution in [0.3, 0.4) is 0 Å². The highest BCUT2D eigenvalue weighted by Crippen LogP contribution is 2.80. The van der Waals surface area contributed by atoms with Gasteiger partial charge in [0.1, 0.15) is 0 Å². The minimum atomic E-state index is -1.81. The molecule has 0 radical (unpaired) electrons. The molecule has 2 heterocycles. The van der Waals surface area contributed by atoms with Crippen molar-refractivity contribution in [3.63, 3.8) is 0 Å². The number of benzene rings is 8. The van der Waals surface area contributed by atoms with Crippen molar-refractivity contribution in [3.8, 4) is 67.5 Å². The Morgan fingerprint density at radius 3 is 1.16 bits per heavy atom. The summed E-state index contributed by atoms with van der Waals surface area (Å²) in [5.41, 5.74) is 10.0. The van der Waals surface area contributed by atoms with E-state index in [2.05, 4.69) is 188 Å². The molecule has 4 heteroatoms. The third-order valence-electron chi connectivity index (χ3n) is 10.4. The van der Waals surface area contributed by atoms with Gasteiger partial charge >= 0.3 is 0 Å². The molecule has 0 fully saturated rings. The molecule has 55 heavy (non-hydrogen) atoms. The molecular weight excluding hydrogens is 687 g/mol. The molecule has 9 aromatic rings. The molecule has 0 saturated heterocycles. The van der Waals surface area contributed by atoms with Gasteiger partial charge in [-0.1, -0.05) is 176 Å². The van der Waals surface area contributed by atoms with Crippen LogP contribution in [0.15, 0.2) is 232 Å². The zero-order valence-corrected chi connectivity index (χ0v) is 30.8. The molecule has 1 aliphatic rings. The van der Waals surface area contributed by atoms with E-state index in [-0.39, 0.29) is 0 Å². The molecule has 0 atom stereocenters. The van der Waals surface area contributed by atoms with Crippen molar-refractivity contribution >= 4 is 10.0 Å². The van der Waals surface area contributed by atoms with Crippen molar-refractivity contribution in [2.24, 2.45) is 0 Å². The first-order chi connectivity index (χ1) is 27.3. The van der Waals surface area contributed by atoms with Gasteiger partial charge in [-0.05, 0) is 64.2 Å². The van der Waals surface area contributed by atoms with Crippen LogP contribution in [0.4, 0.5) is 0 Å². The van der Waals surface area contributed by atoms with Gasteiger partial charge < -0.3 is 0 Å². The SMILES string of the molecule is c1ccc(-c2ccc(-c3ccc(-c4nc(-c5ccccc5)nc(-c5cccc6c5-c5ccccc5S6(c5ccccc5)c5ccccc5)n4)cc3)cc2)cc1. The average molecular weight is 722 g/mol. The Bertz CT molecular complexity index is 2730. The van der Waals surface area contributed by atoms with Gasteiger partial charge in [-0.2, -0.15) is 0 Å². The molecule has 0 N–H and O–H groups in total. The van der Waals surface area contributed by atoms with Crippen LogP contribution in [-0.4, -0.2) is 15.0 Å². The second kappa shape index (κ2) is 13.8. The number of hydrogen-bond donors (Lipinski definition) is 0. The van der Waals surface area contributed by atoms with Gasteiger partial charge in [0.05, 0.1) is 0 Å². The summed E-state index contributed by atoms with van der Waals surface area (Å²) in [6.45, 7) is 0. The Kier molecular flexibility index (Phi) is 8.24. The lowest BCUT2D eigenvalue weighted by molar-refractivity contribution is 1.07. The lowest BCUT2D eigenvalue weighted by atomic mass is 9.99. The molecule has 260 valence electrons. The predicted molar refractivity (Wildman–Crippen MR) is 226 cm³/mol. The van der Waals surface area contributed by atoms with Crippen molar-refractivity contribution in [3.05, 3.63) is 212 Å². The third kappa shape index (κ3) is 5.67. The Balaban J connectivity index is 1.13. The van der Waals surface area contributed by atoms with E-state index in [0.717, 1.165) is 27.8 Å². The molecule has 0 unspecified atom stereocenters. The highest BCUT2D eigenvalue weighted by atomic mass is 32.3. The molecular formula is C51H35N3S. The molecule has 8 aromatic carbocycles. The number of nitrogens with zero attached hydrogens (tertiary/aromatic N) is 3. The van der Waals surface area contributed by atoms with E-state index in [1.54, 1.807) is 0 Å². The lowest BCUT2D eigenvalue weighted by Crippen LogP contribution is -2.03. The largest absolute Gasteiger partial charge is 0.208 e. The summed E-state index contributed by atoms with van der Waals surface area (Å²) in [5.74, 6) is 1.95. The second-order valence-corrected chi connectivity index (χ2v) is 16.7. The maximum atomic E-state index is 5.28. The number of fused-ring (bicyclic) bond motifs is 3. The summed E-state index contributed by atoms with van der Waals surface area (Å²) in [4.78, 5) is 20.8. The lowest BCUT2D eigenvalue weighted by Gasteiger charge is -2.39. The van der Waals surface area contributed by atoms with Crippen LogP contribution >= 0.6 is 10.0 Å². The monoisotopic (exact) mass is 721 g/mol. The van der Waals surface area contributed by atoms with Crippen LogP contribution in [0, 0.1) is 0 Å². The van der Waals surface area contributed by atoms with E-state index in [9.17, 15) is 0 Å². The fourth-order valence-corrected chi connectivity index (χ4v) is 12.1. The predicted octanol–water partition coefficient (Wildman–Crippen LogP) is 13.5. The second-order valence-electron chi connectivity index (χ2n) is 13.6. The zero-order chi connectivity index (χ0) is 36.6. The summed E-state index contributed by atoms with van der Waals surface area (Å²) in [6.07, 6.45) is 0. The number of rotatable bonds is 7. The first-order valence-corrected chi connectivity index (χ1v) is 20.1. The molecule has 10 rings (SSSR count). The fraction of sp³-hybridized carbons (Fsp3) is 0. The molecule has 0 amide bonds. The molecule has 0 bridgehead atoms. The van der Waals surface area contributed by atoms with Crippen LogP contribution < -0.4 is 0 Å². The number of aromatic nitrogens is 3. The van der Waals surface area contributed by atoms with Gasteiger partial charge in [-0.3, -0.25) is 0 Å². The van der Waals surface area contributed by atoms with E-state index in [1.165, 1.54) is 41.8 Å². The van der Waals surface area contributed by atoms with Crippen LogP contribution in [0.5, 0.6) is 0 Å². The van der Waals surface area contributed by atoms with Gasteiger partial charge in [0.25, 0.3) is 0 Å². The van der Waals surface area contributed by atoms with E-state index >= 15 is 0 Å². The van der Waals surface area contributed by atoms with E-state index in [0.29, 0.717) is 17.5 Å². The molecule has 0 saturated carbocycles.